The topological polar surface area (TPSA) is 59.1 Å². The summed E-state index contributed by atoms with van der Waals surface area (Å²) in [4.78, 5) is 29.2. The molecular weight excluding hydrogens is 451 g/mol. The van der Waals surface area contributed by atoms with E-state index in [9.17, 15) is 31.5 Å². The SMILES string of the molecule is COC1CCC(C(=O)N2[C@H](C)CN(C(=O)C3CCC(OC(F)(F)F)CC3F)C[C@H]2C)C(F)C1. The molecule has 6 nitrogen and oxygen atoms in total. The van der Waals surface area contributed by atoms with Crippen molar-refractivity contribution in [2.75, 3.05) is 20.2 Å². The number of piperazine rings is 1. The largest absolute Gasteiger partial charge is 0.522 e. The molecule has 6 unspecified atom stereocenters. The van der Waals surface area contributed by atoms with Gasteiger partial charge in [-0.05, 0) is 39.5 Å². The second-order valence-electron chi connectivity index (χ2n) is 9.60. The van der Waals surface area contributed by atoms with E-state index in [1.54, 1.807) is 18.7 Å². The van der Waals surface area contributed by atoms with Crippen LogP contribution in [0.3, 0.4) is 0 Å². The van der Waals surface area contributed by atoms with Crippen LogP contribution in [0.4, 0.5) is 22.0 Å². The molecule has 0 aromatic carbocycles. The number of rotatable bonds is 4. The Kier molecular flexibility index (Phi) is 8.24. The van der Waals surface area contributed by atoms with Crippen molar-refractivity contribution in [2.45, 2.75) is 95.4 Å². The van der Waals surface area contributed by atoms with Crippen molar-refractivity contribution in [1.29, 1.82) is 0 Å². The molecule has 1 aliphatic heterocycles. The molecule has 0 bridgehead atoms. The number of alkyl halides is 5. The van der Waals surface area contributed by atoms with Crippen LogP contribution in [0, 0.1) is 11.8 Å². The third-order valence-electron chi connectivity index (χ3n) is 7.20. The molecule has 33 heavy (non-hydrogen) atoms. The van der Waals surface area contributed by atoms with Crippen LogP contribution in [0.15, 0.2) is 0 Å². The van der Waals surface area contributed by atoms with E-state index < -0.39 is 49.0 Å². The van der Waals surface area contributed by atoms with E-state index in [-0.39, 0.29) is 56.4 Å². The lowest BCUT2D eigenvalue weighted by molar-refractivity contribution is -0.346. The number of carbonyl (C=O) groups excluding carboxylic acids is 2. The highest BCUT2D eigenvalue weighted by Gasteiger charge is 2.46. The summed E-state index contributed by atoms with van der Waals surface area (Å²) in [6.07, 6.45) is -8.75. The molecule has 0 N–H and O–H groups in total. The normalized spacial score (nSPS) is 38.3. The fourth-order valence-electron chi connectivity index (χ4n) is 5.59. The summed E-state index contributed by atoms with van der Waals surface area (Å²) in [5, 5.41) is 0. The van der Waals surface area contributed by atoms with Crippen LogP contribution in [-0.4, -0.2) is 84.8 Å². The summed E-state index contributed by atoms with van der Waals surface area (Å²) < 4.78 is 75.7. The maximum absolute atomic E-state index is 14.7. The average molecular weight is 485 g/mol. The van der Waals surface area contributed by atoms with Gasteiger partial charge in [0.1, 0.15) is 12.3 Å². The maximum Gasteiger partial charge on any atom is 0.522 e. The van der Waals surface area contributed by atoms with Crippen molar-refractivity contribution in [3.05, 3.63) is 0 Å². The molecule has 8 atom stereocenters. The van der Waals surface area contributed by atoms with Crippen LogP contribution in [-0.2, 0) is 19.1 Å². The predicted octanol–water partition coefficient (Wildman–Crippen LogP) is 3.63. The molecule has 2 amide bonds. The van der Waals surface area contributed by atoms with Crippen LogP contribution in [0.2, 0.25) is 0 Å². The molecule has 0 spiro atoms. The molecule has 3 rings (SSSR count). The minimum Gasteiger partial charge on any atom is -0.381 e. The first kappa shape index (κ1) is 26.1. The number of amides is 2. The van der Waals surface area contributed by atoms with E-state index in [4.69, 9.17) is 4.74 Å². The highest BCUT2D eigenvalue weighted by Crippen LogP contribution is 2.35. The van der Waals surface area contributed by atoms with Gasteiger partial charge in [-0.2, -0.15) is 0 Å². The molecule has 2 aliphatic carbocycles. The number of carbonyl (C=O) groups is 2. The highest BCUT2D eigenvalue weighted by molar-refractivity contribution is 5.82. The van der Waals surface area contributed by atoms with Crippen molar-refractivity contribution in [3.8, 4) is 0 Å². The Morgan fingerprint density at radius 1 is 0.818 bits per heavy atom. The second kappa shape index (κ2) is 10.4. The first-order valence-corrected chi connectivity index (χ1v) is 11.6. The number of hydrogen-bond acceptors (Lipinski definition) is 4. The van der Waals surface area contributed by atoms with Gasteiger partial charge in [-0.15, -0.1) is 13.2 Å². The van der Waals surface area contributed by atoms with Gasteiger partial charge in [0.15, 0.2) is 0 Å². The molecule has 1 saturated heterocycles. The number of nitrogens with zero attached hydrogens (tertiary/aromatic N) is 2. The fraction of sp³-hybridized carbons (Fsp3) is 0.909. The predicted molar refractivity (Wildman–Crippen MR) is 109 cm³/mol. The quantitative estimate of drug-likeness (QED) is 0.572. The number of hydrogen-bond donors (Lipinski definition) is 0. The molecule has 3 fully saturated rings. The van der Waals surface area contributed by atoms with Gasteiger partial charge in [0.25, 0.3) is 0 Å². The molecule has 0 aromatic heterocycles. The Labute approximate surface area is 190 Å². The van der Waals surface area contributed by atoms with Gasteiger partial charge in [0.2, 0.25) is 11.8 Å². The molecule has 0 aromatic rings. The van der Waals surface area contributed by atoms with Gasteiger partial charge in [-0.25, -0.2) is 8.78 Å². The van der Waals surface area contributed by atoms with E-state index in [0.717, 1.165) is 0 Å². The van der Waals surface area contributed by atoms with Crippen molar-refractivity contribution in [2.24, 2.45) is 11.8 Å². The summed E-state index contributed by atoms with van der Waals surface area (Å²) in [5.41, 5.74) is 0. The van der Waals surface area contributed by atoms with Gasteiger partial charge in [0, 0.05) is 45.1 Å². The van der Waals surface area contributed by atoms with Gasteiger partial charge in [-0.1, -0.05) is 0 Å². The van der Waals surface area contributed by atoms with Crippen molar-refractivity contribution in [1.82, 2.24) is 9.80 Å². The van der Waals surface area contributed by atoms with E-state index >= 15 is 0 Å². The van der Waals surface area contributed by atoms with E-state index in [1.165, 1.54) is 12.0 Å². The molecule has 190 valence electrons. The lowest BCUT2D eigenvalue weighted by Crippen LogP contribution is -2.62. The number of ether oxygens (including phenoxy) is 2. The van der Waals surface area contributed by atoms with Crippen LogP contribution < -0.4 is 0 Å². The summed E-state index contributed by atoms with van der Waals surface area (Å²) in [6.45, 7) is 3.88. The highest BCUT2D eigenvalue weighted by atomic mass is 19.4. The van der Waals surface area contributed by atoms with E-state index in [1.807, 2.05) is 0 Å². The Balaban J connectivity index is 1.58. The van der Waals surface area contributed by atoms with Gasteiger partial charge in [-0.3, -0.25) is 14.3 Å². The van der Waals surface area contributed by atoms with Crippen molar-refractivity contribution in [3.63, 3.8) is 0 Å². The third-order valence-corrected chi connectivity index (χ3v) is 7.20. The summed E-state index contributed by atoms with van der Waals surface area (Å²) in [6, 6.07) is -0.777. The molecule has 11 heteroatoms. The standard InChI is InChI=1S/C22H33F5N2O4/c1-12-10-28(20(30)16-7-5-15(9-19(16)24)33-22(25,26)27)11-13(2)29(12)21(31)17-6-4-14(32-3)8-18(17)23/h12-19H,4-11H2,1-3H3/t12-,13-,14?,15?,16?,17?,18?,19?/m1/s1. The van der Waals surface area contributed by atoms with Crippen LogP contribution in [0.1, 0.15) is 52.4 Å². The van der Waals surface area contributed by atoms with Crippen LogP contribution >= 0.6 is 0 Å². The minimum atomic E-state index is -4.84. The summed E-state index contributed by atoms with van der Waals surface area (Å²) in [7, 11) is 1.53. The Hall–Kier alpha value is -1.49. The van der Waals surface area contributed by atoms with Gasteiger partial charge < -0.3 is 14.5 Å². The Morgan fingerprint density at radius 2 is 1.30 bits per heavy atom. The fourth-order valence-corrected chi connectivity index (χ4v) is 5.59. The first-order chi connectivity index (χ1) is 15.4. The molecule has 1 heterocycles. The zero-order valence-electron chi connectivity index (χ0n) is 19.2. The smallest absolute Gasteiger partial charge is 0.381 e. The average Bonchev–Trinajstić information content (AvgIpc) is 2.71. The summed E-state index contributed by atoms with van der Waals surface area (Å²) in [5.74, 6) is -2.51. The Bertz CT molecular complexity index is 697. The van der Waals surface area contributed by atoms with E-state index in [2.05, 4.69) is 4.74 Å². The first-order valence-electron chi connectivity index (χ1n) is 11.6. The monoisotopic (exact) mass is 484 g/mol. The zero-order chi connectivity index (χ0) is 24.5. The second-order valence-corrected chi connectivity index (χ2v) is 9.60. The zero-order valence-corrected chi connectivity index (χ0v) is 19.2. The lowest BCUT2D eigenvalue weighted by atomic mass is 9.83. The molecular formula is C22H33F5N2O4. The van der Waals surface area contributed by atoms with Gasteiger partial charge >= 0.3 is 6.36 Å². The van der Waals surface area contributed by atoms with Gasteiger partial charge in [0.05, 0.1) is 24.0 Å². The molecule has 2 saturated carbocycles. The minimum absolute atomic E-state index is 0.0328. The third kappa shape index (κ3) is 6.15. The van der Waals surface area contributed by atoms with Crippen molar-refractivity contribution >= 4 is 11.8 Å². The summed E-state index contributed by atoms with van der Waals surface area (Å²) >= 11 is 0. The number of halogens is 5. The maximum atomic E-state index is 14.7. The van der Waals surface area contributed by atoms with Crippen LogP contribution in [0.25, 0.3) is 0 Å². The van der Waals surface area contributed by atoms with Crippen molar-refractivity contribution < 1.29 is 41.0 Å². The Morgan fingerprint density at radius 3 is 1.79 bits per heavy atom. The number of methoxy groups -OCH3 is 1. The molecule has 0 radical (unpaired) electrons. The van der Waals surface area contributed by atoms with Crippen LogP contribution in [0.5, 0.6) is 0 Å². The van der Waals surface area contributed by atoms with E-state index in [0.29, 0.717) is 12.8 Å². The molecule has 3 aliphatic rings. The lowest BCUT2D eigenvalue weighted by Gasteiger charge is -2.47.